The first kappa shape index (κ1) is 21.0. The van der Waals surface area contributed by atoms with Crippen molar-refractivity contribution < 1.29 is 17.6 Å². The summed E-state index contributed by atoms with van der Waals surface area (Å²) < 4.78 is 53.8. The quantitative estimate of drug-likeness (QED) is 0.578. The minimum atomic E-state index is -4.38. The Kier molecular flexibility index (Phi) is 5.20. The number of nitrogens with two attached hydrogens (primary N) is 1. The van der Waals surface area contributed by atoms with Crippen molar-refractivity contribution in [2.75, 3.05) is 0 Å². The number of aromatic nitrogens is 3. The van der Waals surface area contributed by atoms with Crippen LogP contribution in [-0.2, 0) is 19.0 Å². The molecular formula is C24H22F4N4. The summed E-state index contributed by atoms with van der Waals surface area (Å²) in [5.74, 6) is 0.194. The summed E-state index contributed by atoms with van der Waals surface area (Å²) in [6.45, 7) is 0. The Morgan fingerprint density at radius 3 is 2.69 bits per heavy atom. The molecule has 4 nitrogen and oxygen atoms in total. The Morgan fingerprint density at radius 1 is 1.06 bits per heavy atom. The minimum absolute atomic E-state index is 0.220. The number of pyridine rings is 1. The van der Waals surface area contributed by atoms with E-state index in [4.69, 9.17) is 10.7 Å². The monoisotopic (exact) mass is 442 g/mol. The number of alkyl halides is 4. The highest BCUT2D eigenvalue weighted by atomic mass is 19.4. The van der Waals surface area contributed by atoms with Crippen molar-refractivity contribution in [2.24, 2.45) is 11.7 Å². The van der Waals surface area contributed by atoms with Crippen LogP contribution in [0.5, 0.6) is 0 Å². The van der Waals surface area contributed by atoms with E-state index in [9.17, 15) is 17.6 Å². The summed E-state index contributed by atoms with van der Waals surface area (Å²) in [5.41, 5.74) is 9.05. The fourth-order valence-electron chi connectivity index (χ4n) is 4.80. The highest BCUT2D eigenvalue weighted by Gasteiger charge is 2.33. The lowest BCUT2D eigenvalue weighted by atomic mass is 9.81. The summed E-state index contributed by atoms with van der Waals surface area (Å²) in [7, 11) is 0. The van der Waals surface area contributed by atoms with Gasteiger partial charge < -0.3 is 5.73 Å². The first-order chi connectivity index (χ1) is 15.3. The number of rotatable bonds is 3. The van der Waals surface area contributed by atoms with E-state index in [0.29, 0.717) is 36.2 Å². The number of benzene rings is 1. The van der Waals surface area contributed by atoms with Crippen molar-refractivity contribution >= 4 is 16.5 Å². The largest absolute Gasteiger partial charge is 0.416 e. The molecule has 8 heteroatoms. The fourth-order valence-corrected chi connectivity index (χ4v) is 4.80. The molecule has 3 aromatic rings. The van der Waals surface area contributed by atoms with Crippen LogP contribution in [0.4, 0.5) is 17.6 Å². The summed E-state index contributed by atoms with van der Waals surface area (Å²) >= 11 is 0. The molecule has 2 aliphatic rings. The highest BCUT2D eigenvalue weighted by Crippen LogP contribution is 2.39. The second-order valence-electron chi connectivity index (χ2n) is 8.58. The van der Waals surface area contributed by atoms with Crippen LogP contribution in [0.25, 0.3) is 16.5 Å². The predicted octanol–water partition coefficient (Wildman–Crippen LogP) is 5.04. The van der Waals surface area contributed by atoms with E-state index in [1.807, 2.05) is 6.08 Å². The molecule has 0 spiro atoms. The SMILES string of the molecule is NC1CCCC(F)C1Cc1ncc2cncc(C3=CCc4cc(C(F)(F)F)ccc43)c2n1. The summed E-state index contributed by atoms with van der Waals surface area (Å²) in [6.07, 6.45) is 4.37. The first-order valence-corrected chi connectivity index (χ1v) is 10.7. The van der Waals surface area contributed by atoms with E-state index in [1.165, 1.54) is 12.1 Å². The maximum absolute atomic E-state index is 14.5. The van der Waals surface area contributed by atoms with Crippen molar-refractivity contribution in [3.05, 3.63) is 70.9 Å². The number of halogens is 4. The van der Waals surface area contributed by atoms with Gasteiger partial charge in [0, 0.05) is 47.9 Å². The lowest BCUT2D eigenvalue weighted by molar-refractivity contribution is -0.137. The van der Waals surface area contributed by atoms with Crippen LogP contribution >= 0.6 is 0 Å². The summed E-state index contributed by atoms with van der Waals surface area (Å²) in [6, 6.07) is 3.58. The van der Waals surface area contributed by atoms with Gasteiger partial charge in [-0.05, 0) is 54.5 Å². The molecule has 1 aromatic carbocycles. The lowest BCUT2D eigenvalue weighted by Crippen LogP contribution is -2.41. The smallest absolute Gasteiger partial charge is 0.327 e. The molecule has 1 saturated carbocycles. The molecule has 5 rings (SSSR count). The standard InChI is InChI=1S/C24H22F4N4/c25-20-2-1-3-21(29)18(20)9-22-31-11-14-10-30-12-19(23(14)32-22)17-6-4-13-8-15(24(26,27)28)5-7-16(13)17/h5-8,10-12,18,20-21H,1-4,9,29H2. The second-order valence-corrected chi connectivity index (χ2v) is 8.58. The van der Waals surface area contributed by atoms with Gasteiger partial charge in [-0.3, -0.25) is 4.98 Å². The van der Waals surface area contributed by atoms with E-state index >= 15 is 0 Å². The maximum Gasteiger partial charge on any atom is 0.416 e. The van der Waals surface area contributed by atoms with Crippen molar-refractivity contribution in [3.63, 3.8) is 0 Å². The van der Waals surface area contributed by atoms with Gasteiger partial charge in [0.05, 0.1) is 11.1 Å². The average Bonchev–Trinajstić information content (AvgIpc) is 3.18. The third kappa shape index (κ3) is 3.77. The molecular weight excluding hydrogens is 420 g/mol. The molecule has 32 heavy (non-hydrogen) atoms. The minimum Gasteiger partial charge on any atom is -0.327 e. The molecule has 0 bridgehead atoms. The van der Waals surface area contributed by atoms with Gasteiger partial charge in [-0.2, -0.15) is 13.2 Å². The Labute approximate surface area is 182 Å². The third-order valence-corrected chi connectivity index (χ3v) is 6.53. The van der Waals surface area contributed by atoms with Crippen LogP contribution in [0.3, 0.4) is 0 Å². The van der Waals surface area contributed by atoms with Gasteiger partial charge in [0.25, 0.3) is 0 Å². The van der Waals surface area contributed by atoms with Crippen LogP contribution in [0, 0.1) is 5.92 Å². The van der Waals surface area contributed by atoms with E-state index in [1.54, 1.807) is 18.6 Å². The average molecular weight is 442 g/mol. The zero-order valence-corrected chi connectivity index (χ0v) is 17.2. The number of fused-ring (bicyclic) bond motifs is 2. The van der Waals surface area contributed by atoms with Crippen LogP contribution in [0.1, 0.15) is 47.3 Å². The molecule has 2 heterocycles. The van der Waals surface area contributed by atoms with Crippen molar-refractivity contribution in [1.82, 2.24) is 15.0 Å². The van der Waals surface area contributed by atoms with Gasteiger partial charge in [-0.1, -0.05) is 12.1 Å². The topological polar surface area (TPSA) is 64.7 Å². The van der Waals surface area contributed by atoms with Crippen molar-refractivity contribution in [1.29, 1.82) is 0 Å². The number of nitrogens with zero attached hydrogens (tertiary/aromatic N) is 3. The molecule has 0 aliphatic heterocycles. The molecule has 2 aromatic heterocycles. The molecule has 2 N–H and O–H groups in total. The molecule has 1 fully saturated rings. The lowest BCUT2D eigenvalue weighted by Gasteiger charge is -2.31. The van der Waals surface area contributed by atoms with Crippen molar-refractivity contribution in [3.8, 4) is 0 Å². The Hall–Kier alpha value is -2.87. The van der Waals surface area contributed by atoms with E-state index in [2.05, 4.69) is 9.97 Å². The summed E-state index contributed by atoms with van der Waals surface area (Å²) in [4.78, 5) is 13.4. The summed E-state index contributed by atoms with van der Waals surface area (Å²) in [5, 5.41) is 0.720. The highest BCUT2D eigenvalue weighted by molar-refractivity contribution is 5.96. The maximum atomic E-state index is 14.5. The van der Waals surface area contributed by atoms with Gasteiger partial charge in [0.15, 0.2) is 0 Å². The predicted molar refractivity (Wildman–Crippen MR) is 113 cm³/mol. The number of hydrogen-bond donors (Lipinski definition) is 1. The molecule has 0 saturated heterocycles. The molecule has 3 atom stereocenters. The van der Waals surface area contributed by atoms with Crippen molar-refractivity contribution in [2.45, 2.75) is 50.5 Å². The molecule has 166 valence electrons. The molecule has 0 radical (unpaired) electrons. The normalized spacial score (nSPS) is 23.3. The molecule has 2 aliphatic carbocycles. The number of hydrogen-bond acceptors (Lipinski definition) is 4. The number of allylic oxidation sites excluding steroid dienone is 1. The fraction of sp³-hybridized carbons (Fsp3) is 0.375. The second kappa shape index (κ2) is 7.92. The zero-order chi connectivity index (χ0) is 22.5. The van der Waals surface area contributed by atoms with Gasteiger partial charge in [-0.15, -0.1) is 0 Å². The zero-order valence-electron chi connectivity index (χ0n) is 17.2. The van der Waals surface area contributed by atoms with E-state index in [-0.39, 0.29) is 12.0 Å². The molecule has 0 amide bonds. The van der Waals surface area contributed by atoms with Gasteiger partial charge in [-0.25, -0.2) is 14.4 Å². The Balaban J connectivity index is 1.51. The van der Waals surface area contributed by atoms with Gasteiger partial charge in [0.1, 0.15) is 12.0 Å². The van der Waals surface area contributed by atoms with Crippen LogP contribution in [0.2, 0.25) is 0 Å². The van der Waals surface area contributed by atoms with E-state index in [0.717, 1.165) is 41.0 Å². The van der Waals surface area contributed by atoms with Crippen LogP contribution in [0.15, 0.2) is 42.9 Å². The Bertz CT molecular complexity index is 1190. The van der Waals surface area contributed by atoms with Gasteiger partial charge >= 0.3 is 6.18 Å². The molecule has 3 unspecified atom stereocenters. The third-order valence-electron chi connectivity index (χ3n) is 6.53. The first-order valence-electron chi connectivity index (χ1n) is 10.7. The van der Waals surface area contributed by atoms with E-state index < -0.39 is 17.9 Å². The van der Waals surface area contributed by atoms with Crippen LogP contribution in [-0.4, -0.2) is 27.2 Å². The Morgan fingerprint density at radius 2 is 1.91 bits per heavy atom. The van der Waals surface area contributed by atoms with Gasteiger partial charge in [0.2, 0.25) is 0 Å². The van der Waals surface area contributed by atoms with Crippen LogP contribution < -0.4 is 5.73 Å².